The minimum absolute atomic E-state index is 0.224. The fourth-order valence-corrected chi connectivity index (χ4v) is 10.6. The lowest BCUT2D eigenvalue weighted by atomic mass is 10.3. The van der Waals surface area contributed by atoms with Gasteiger partial charge < -0.3 is 14.4 Å². The van der Waals surface area contributed by atoms with Crippen LogP contribution in [-0.4, -0.2) is 72.3 Å². The number of nitrogens with zero attached hydrogens (tertiary/aromatic N) is 5. The molecule has 0 saturated carbocycles. The van der Waals surface area contributed by atoms with E-state index >= 15 is 0 Å². The number of aromatic nitrogens is 3. The van der Waals surface area contributed by atoms with Crippen LogP contribution in [0.3, 0.4) is 0 Å². The molecule has 1 N–H and O–H groups in total. The van der Waals surface area contributed by atoms with E-state index in [1.54, 1.807) is 18.3 Å². The highest BCUT2D eigenvalue weighted by Gasteiger charge is 2.44. The number of hydrogen-bond acceptors (Lipinski definition) is 6. The van der Waals surface area contributed by atoms with Gasteiger partial charge in [0, 0.05) is 39.3 Å². The predicted octanol–water partition coefficient (Wildman–Crippen LogP) is 3.75. The maximum Gasteiger partial charge on any atom is 0.231 e. The van der Waals surface area contributed by atoms with Crippen molar-refractivity contribution in [3.8, 4) is 5.75 Å². The van der Waals surface area contributed by atoms with Crippen molar-refractivity contribution in [3.63, 3.8) is 0 Å². The Kier molecular flexibility index (Phi) is 6.85. The van der Waals surface area contributed by atoms with E-state index in [1.165, 1.54) is 0 Å². The van der Waals surface area contributed by atoms with Crippen LogP contribution in [0.1, 0.15) is 41.5 Å². The van der Waals surface area contributed by atoms with Crippen LogP contribution in [0.5, 0.6) is 5.75 Å². The van der Waals surface area contributed by atoms with Gasteiger partial charge in [0.25, 0.3) is 0 Å². The lowest BCUT2D eigenvalue weighted by molar-refractivity contribution is 0.186. The molecule has 1 fully saturated rings. The van der Waals surface area contributed by atoms with E-state index in [1.807, 2.05) is 4.40 Å². The molecule has 162 valence electrons. The largest absolute Gasteiger partial charge is 0.506 e. The molecule has 3 rings (SSSR count). The average Bonchev–Trinajstić information content (AvgIpc) is 3.07. The zero-order valence-electron chi connectivity index (χ0n) is 18.8. The molecule has 29 heavy (non-hydrogen) atoms. The molecule has 0 bridgehead atoms. The molecule has 1 aliphatic heterocycles. The molecule has 0 amide bonds. The third-order valence-corrected chi connectivity index (χ3v) is 12.6. The summed E-state index contributed by atoms with van der Waals surface area (Å²) in [5.41, 5.74) is 2.62. The SMILES string of the molecule is CC(C)[Si](OCCN1CCN(c2nnc3ccc(O)cn23)CC1)(C(C)C)C(C)C. The molecule has 3 heterocycles. The van der Waals surface area contributed by atoms with Gasteiger partial charge in [0.05, 0.1) is 6.20 Å². The Balaban J connectivity index is 1.55. The predicted molar refractivity (Wildman–Crippen MR) is 120 cm³/mol. The standard InChI is InChI=1S/C21H37N5O2Si/c1-16(2)29(17(3)4,18(5)6)28-14-13-24-9-11-25(12-10-24)21-23-22-20-8-7-19(27)15-26(20)21/h7-8,15-18,27H,9-14H2,1-6H3. The van der Waals surface area contributed by atoms with Gasteiger partial charge in [-0.25, -0.2) is 0 Å². The molecule has 1 saturated heterocycles. The number of fused-ring (bicyclic) bond motifs is 1. The molecule has 7 nitrogen and oxygen atoms in total. The number of hydrogen-bond donors (Lipinski definition) is 1. The quantitative estimate of drug-likeness (QED) is 0.658. The summed E-state index contributed by atoms with van der Waals surface area (Å²) >= 11 is 0. The number of rotatable bonds is 8. The van der Waals surface area contributed by atoms with Gasteiger partial charge in [-0.1, -0.05) is 41.5 Å². The summed E-state index contributed by atoms with van der Waals surface area (Å²) in [7, 11) is -1.79. The highest BCUT2D eigenvalue weighted by molar-refractivity contribution is 6.77. The summed E-state index contributed by atoms with van der Waals surface area (Å²) in [6, 6.07) is 3.42. The molecule has 2 aromatic rings. The summed E-state index contributed by atoms with van der Waals surface area (Å²) in [4.78, 5) is 4.73. The summed E-state index contributed by atoms with van der Waals surface area (Å²) in [6.07, 6.45) is 1.68. The third-order valence-electron chi connectivity index (χ3n) is 6.49. The summed E-state index contributed by atoms with van der Waals surface area (Å²) < 4.78 is 8.58. The molecule has 2 aromatic heterocycles. The van der Waals surface area contributed by atoms with Crippen molar-refractivity contribution in [3.05, 3.63) is 18.3 Å². The first kappa shape index (κ1) is 22.1. The number of piperazine rings is 1. The molecular formula is C21H37N5O2Si. The molecular weight excluding hydrogens is 382 g/mol. The Hall–Kier alpha value is -1.64. The maximum atomic E-state index is 9.78. The molecule has 0 radical (unpaired) electrons. The average molecular weight is 420 g/mol. The summed E-state index contributed by atoms with van der Waals surface area (Å²) in [6.45, 7) is 19.6. The minimum Gasteiger partial charge on any atom is -0.506 e. The maximum absolute atomic E-state index is 9.78. The van der Waals surface area contributed by atoms with Crippen LogP contribution in [-0.2, 0) is 4.43 Å². The van der Waals surface area contributed by atoms with Crippen molar-refractivity contribution in [2.75, 3.05) is 44.2 Å². The number of pyridine rings is 1. The molecule has 0 unspecified atom stereocenters. The van der Waals surface area contributed by atoms with Crippen LogP contribution >= 0.6 is 0 Å². The van der Waals surface area contributed by atoms with Crippen molar-refractivity contribution in [2.24, 2.45) is 0 Å². The molecule has 1 aliphatic rings. The van der Waals surface area contributed by atoms with Crippen LogP contribution in [0.15, 0.2) is 18.3 Å². The molecule has 0 spiro atoms. The first-order valence-corrected chi connectivity index (χ1v) is 13.0. The summed E-state index contributed by atoms with van der Waals surface area (Å²) in [5, 5.41) is 18.3. The zero-order chi connectivity index (χ0) is 21.2. The van der Waals surface area contributed by atoms with Crippen LogP contribution in [0, 0.1) is 0 Å². The van der Waals surface area contributed by atoms with Gasteiger partial charge in [-0.05, 0) is 28.8 Å². The van der Waals surface area contributed by atoms with Crippen LogP contribution in [0.25, 0.3) is 5.65 Å². The first-order chi connectivity index (χ1) is 13.8. The van der Waals surface area contributed by atoms with Crippen molar-refractivity contribution in [2.45, 2.75) is 58.2 Å². The normalized spacial score (nSPS) is 16.7. The van der Waals surface area contributed by atoms with E-state index in [0.717, 1.165) is 50.9 Å². The first-order valence-electron chi connectivity index (χ1n) is 10.9. The Morgan fingerprint density at radius 2 is 1.59 bits per heavy atom. The fourth-order valence-electron chi connectivity index (χ4n) is 5.11. The lowest BCUT2D eigenvalue weighted by Gasteiger charge is -2.43. The smallest absolute Gasteiger partial charge is 0.231 e. The second kappa shape index (κ2) is 9.02. The van der Waals surface area contributed by atoms with Gasteiger partial charge in [-0.2, -0.15) is 0 Å². The van der Waals surface area contributed by atoms with Crippen molar-refractivity contribution < 1.29 is 9.53 Å². The van der Waals surface area contributed by atoms with E-state index in [-0.39, 0.29) is 5.75 Å². The van der Waals surface area contributed by atoms with Gasteiger partial charge in [-0.3, -0.25) is 9.30 Å². The second-order valence-corrected chi connectivity index (χ2v) is 14.6. The van der Waals surface area contributed by atoms with Gasteiger partial charge >= 0.3 is 0 Å². The third kappa shape index (κ3) is 4.44. The van der Waals surface area contributed by atoms with E-state index in [0.29, 0.717) is 16.6 Å². The fraction of sp³-hybridized carbons (Fsp3) is 0.714. The monoisotopic (exact) mass is 419 g/mol. The Morgan fingerprint density at radius 1 is 0.966 bits per heavy atom. The molecule has 0 atom stereocenters. The topological polar surface area (TPSA) is 66.1 Å². The van der Waals surface area contributed by atoms with Gasteiger partial charge in [0.2, 0.25) is 5.95 Å². The van der Waals surface area contributed by atoms with E-state index < -0.39 is 8.32 Å². The van der Waals surface area contributed by atoms with Crippen molar-refractivity contribution >= 4 is 19.9 Å². The Bertz CT molecular complexity index is 778. The van der Waals surface area contributed by atoms with Gasteiger partial charge in [0.1, 0.15) is 5.75 Å². The minimum atomic E-state index is -1.79. The van der Waals surface area contributed by atoms with Crippen molar-refractivity contribution in [1.29, 1.82) is 0 Å². The molecule has 0 aliphatic carbocycles. The second-order valence-electron chi connectivity index (χ2n) is 9.11. The van der Waals surface area contributed by atoms with Crippen molar-refractivity contribution in [1.82, 2.24) is 19.5 Å². The molecule has 8 heteroatoms. The van der Waals surface area contributed by atoms with Gasteiger partial charge in [0.15, 0.2) is 14.0 Å². The van der Waals surface area contributed by atoms with Crippen LogP contribution in [0.4, 0.5) is 5.95 Å². The highest BCUT2D eigenvalue weighted by Crippen LogP contribution is 2.42. The van der Waals surface area contributed by atoms with E-state index in [2.05, 4.69) is 61.5 Å². The Labute approximate surface area is 175 Å². The van der Waals surface area contributed by atoms with E-state index in [9.17, 15) is 5.11 Å². The number of anilines is 1. The lowest BCUT2D eigenvalue weighted by Crippen LogP contribution is -2.51. The van der Waals surface area contributed by atoms with Crippen LogP contribution < -0.4 is 4.90 Å². The van der Waals surface area contributed by atoms with Gasteiger partial charge in [-0.15, -0.1) is 10.2 Å². The highest BCUT2D eigenvalue weighted by atomic mass is 28.4. The summed E-state index contributed by atoms with van der Waals surface area (Å²) in [5.74, 6) is 1.03. The molecule has 0 aromatic carbocycles. The zero-order valence-corrected chi connectivity index (χ0v) is 19.8. The van der Waals surface area contributed by atoms with E-state index in [4.69, 9.17) is 4.43 Å². The number of aromatic hydroxyl groups is 1. The Morgan fingerprint density at radius 3 is 2.17 bits per heavy atom. The van der Waals surface area contributed by atoms with Crippen LogP contribution in [0.2, 0.25) is 16.6 Å².